The number of Topliss-reactive ketones (excluding diaryl/α,β-unsaturated/α-hetero) is 1. The maximum Gasteiger partial charge on any atom is 1.00 e. The second-order valence-electron chi connectivity index (χ2n) is 15.3. The minimum atomic E-state index is -0.741. The first-order valence-electron chi connectivity index (χ1n) is 14.8. The number of carbonyl (C=O) groups is 3. The fourth-order valence-electron chi connectivity index (χ4n) is 10.1. The number of allylic oxidation sites excluding steroid dienone is 4. The molecule has 3 saturated carbocycles. The molecule has 5 aliphatic carbocycles. The molecule has 6 nitrogen and oxygen atoms in total. The molecular formula is C33H43Li2N3O3. The van der Waals surface area contributed by atoms with Crippen LogP contribution in [-0.4, -0.2) is 34.6 Å². The van der Waals surface area contributed by atoms with Gasteiger partial charge in [-0.1, -0.05) is 108 Å². The summed E-state index contributed by atoms with van der Waals surface area (Å²) in [6.45, 7) is 16.0. The number of carbonyl (C=O) groups excluding carboxylic acids is 3. The van der Waals surface area contributed by atoms with Crippen molar-refractivity contribution < 1.29 is 52.1 Å². The van der Waals surface area contributed by atoms with Gasteiger partial charge in [0.05, 0.1) is 5.57 Å². The zero-order valence-corrected chi connectivity index (χ0v) is 26.7. The van der Waals surface area contributed by atoms with Crippen LogP contribution < -0.4 is 43.1 Å². The molecule has 210 valence electrons. The molecule has 8 heteroatoms. The summed E-state index contributed by atoms with van der Waals surface area (Å²) < 4.78 is 0. The van der Waals surface area contributed by atoms with Gasteiger partial charge in [0.15, 0.2) is 0 Å². The Bertz CT molecular complexity index is 1300. The van der Waals surface area contributed by atoms with Gasteiger partial charge in [0.1, 0.15) is 17.6 Å². The number of hydrazine groups is 1. The van der Waals surface area contributed by atoms with Crippen LogP contribution in [0, 0.1) is 56.2 Å². The van der Waals surface area contributed by atoms with Crippen LogP contribution in [0.1, 0.15) is 99.8 Å². The number of hydrogen-bond donors (Lipinski definition) is 1. The van der Waals surface area contributed by atoms with Crippen molar-refractivity contribution in [1.82, 2.24) is 10.4 Å². The third-order valence-corrected chi connectivity index (χ3v) is 12.5. The molecule has 0 spiro atoms. The molecule has 6 rings (SSSR count). The normalized spacial score (nSPS) is 41.6. The SMILES string of the molecule is CC1(C)CC[C@]2(N3CCC(=O)N3)CC[C@]3(C)[C@H](C(=O)C=C4[C@@]5(C)C=C(C#N)C(=O)C(C)(C)[C-]5CC[C@]43C)[C-]2C1.[Li+].[Li+]. The molecule has 1 saturated heterocycles. The number of hydrogen-bond acceptors (Lipinski definition) is 5. The largest absolute Gasteiger partial charge is 1.00 e. The van der Waals surface area contributed by atoms with Crippen LogP contribution in [0.5, 0.6) is 0 Å². The van der Waals surface area contributed by atoms with E-state index in [2.05, 4.69) is 51.1 Å². The molecule has 0 radical (unpaired) electrons. The molecule has 6 aliphatic rings. The van der Waals surface area contributed by atoms with Crippen molar-refractivity contribution >= 4 is 17.5 Å². The summed E-state index contributed by atoms with van der Waals surface area (Å²) in [6.07, 6.45) is 10.8. The first-order valence-corrected chi connectivity index (χ1v) is 14.8. The second-order valence-corrected chi connectivity index (χ2v) is 15.3. The Morgan fingerprint density at radius 1 is 0.976 bits per heavy atom. The van der Waals surface area contributed by atoms with E-state index in [1.54, 1.807) is 0 Å². The number of nitrogens with one attached hydrogen (secondary N) is 1. The van der Waals surface area contributed by atoms with Gasteiger partial charge < -0.3 is 0 Å². The minimum absolute atomic E-state index is 0. The van der Waals surface area contributed by atoms with Crippen LogP contribution in [0.25, 0.3) is 0 Å². The van der Waals surface area contributed by atoms with Crippen molar-refractivity contribution in [2.24, 2.45) is 33.0 Å². The van der Waals surface area contributed by atoms with E-state index in [-0.39, 0.29) is 88.5 Å². The first kappa shape index (κ1) is 32.8. The molecular weight excluding hydrogens is 500 g/mol. The van der Waals surface area contributed by atoms with E-state index in [0.29, 0.717) is 13.0 Å². The fraction of sp³-hybridized carbons (Fsp3) is 0.697. The number of nitriles is 1. The van der Waals surface area contributed by atoms with Crippen LogP contribution in [0.4, 0.5) is 0 Å². The van der Waals surface area contributed by atoms with Gasteiger partial charge in [0.2, 0.25) is 5.91 Å². The van der Waals surface area contributed by atoms with Gasteiger partial charge in [-0.2, -0.15) is 18.1 Å². The Morgan fingerprint density at radius 3 is 2.24 bits per heavy atom. The smallest absolute Gasteiger partial charge is 0.297 e. The van der Waals surface area contributed by atoms with E-state index < -0.39 is 10.8 Å². The van der Waals surface area contributed by atoms with Gasteiger partial charge in [-0.15, -0.1) is 5.41 Å². The van der Waals surface area contributed by atoms with Crippen LogP contribution in [-0.2, 0) is 14.4 Å². The van der Waals surface area contributed by atoms with E-state index in [9.17, 15) is 19.6 Å². The Labute approximate surface area is 270 Å². The number of fused-ring (bicyclic) bond motifs is 7. The molecule has 0 bridgehead atoms. The Hall–Kier alpha value is -1.07. The van der Waals surface area contributed by atoms with E-state index >= 15 is 0 Å². The summed E-state index contributed by atoms with van der Waals surface area (Å²) in [5.41, 5.74) is 2.41. The first-order chi connectivity index (χ1) is 18.1. The number of rotatable bonds is 1. The summed E-state index contributed by atoms with van der Waals surface area (Å²) in [7, 11) is 0. The fourth-order valence-corrected chi connectivity index (χ4v) is 10.1. The standard InChI is InChI=1S/C33H43N3O3.2Li/c1-28(2)11-13-33(36-15-9-25(38)35-36)14-12-32(7)26(21(33)18-28)22(37)16-24-30(5)17-20(19-34)27(39)29(3,4)23(30)8-10-31(24,32)6;;/h16-17,26H,8-15,18H2,1-7H3,(H,35,38);;/q-2;2*+1/t26-,30-,31+,32+,33-;;/m0../s1. The zero-order chi connectivity index (χ0) is 28.4. The number of nitrogens with zero attached hydrogens (tertiary/aromatic N) is 2. The van der Waals surface area contributed by atoms with Gasteiger partial charge in [0, 0.05) is 13.0 Å². The molecule has 0 aromatic rings. The Balaban J connectivity index is 0.00000194. The van der Waals surface area contributed by atoms with Crippen LogP contribution in [0.15, 0.2) is 23.3 Å². The summed E-state index contributed by atoms with van der Waals surface area (Å²) in [5.74, 6) is 2.38. The van der Waals surface area contributed by atoms with E-state index in [4.69, 9.17) is 0 Å². The van der Waals surface area contributed by atoms with Crippen molar-refractivity contribution in [3.8, 4) is 6.07 Å². The van der Waals surface area contributed by atoms with Crippen LogP contribution in [0.3, 0.4) is 0 Å². The molecule has 1 amide bonds. The Morgan fingerprint density at radius 2 is 1.63 bits per heavy atom. The van der Waals surface area contributed by atoms with Crippen molar-refractivity contribution in [2.45, 2.75) is 105 Å². The molecule has 0 aromatic carbocycles. The topological polar surface area (TPSA) is 90.3 Å². The number of ketones is 2. The quantitative estimate of drug-likeness (QED) is 0.360. The van der Waals surface area contributed by atoms with E-state index in [1.807, 2.05) is 26.0 Å². The average molecular weight is 544 g/mol. The molecule has 1 heterocycles. The van der Waals surface area contributed by atoms with Crippen molar-refractivity contribution in [3.05, 3.63) is 35.1 Å². The van der Waals surface area contributed by atoms with Gasteiger partial charge in [-0.05, 0) is 23.3 Å². The Kier molecular flexibility index (Phi) is 7.99. The molecule has 1 N–H and O–H groups in total. The summed E-state index contributed by atoms with van der Waals surface area (Å²) in [4.78, 5) is 40.1. The van der Waals surface area contributed by atoms with Crippen molar-refractivity contribution in [3.63, 3.8) is 0 Å². The second kappa shape index (κ2) is 9.98. The minimum Gasteiger partial charge on any atom is -0.297 e. The number of amides is 1. The molecule has 4 fully saturated rings. The molecule has 41 heavy (non-hydrogen) atoms. The maximum absolute atomic E-state index is 14.5. The average Bonchev–Trinajstić information content (AvgIpc) is 3.29. The van der Waals surface area contributed by atoms with E-state index in [0.717, 1.165) is 56.4 Å². The zero-order valence-electron chi connectivity index (χ0n) is 26.7. The predicted octanol–water partition coefficient (Wildman–Crippen LogP) is -0.380. The van der Waals surface area contributed by atoms with Gasteiger partial charge in [0.25, 0.3) is 0 Å². The van der Waals surface area contributed by atoms with Crippen LogP contribution in [0.2, 0.25) is 0 Å². The molecule has 1 aliphatic heterocycles. The van der Waals surface area contributed by atoms with E-state index in [1.165, 1.54) is 5.92 Å². The van der Waals surface area contributed by atoms with Gasteiger partial charge in [-0.3, -0.25) is 31.6 Å². The molecule has 0 aromatic heterocycles. The van der Waals surface area contributed by atoms with Gasteiger partial charge in [-0.25, -0.2) is 5.01 Å². The predicted molar refractivity (Wildman–Crippen MR) is 148 cm³/mol. The van der Waals surface area contributed by atoms with Gasteiger partial charge >= 0.3 is 37.7 Å². The molecule has 0 unspecified atom stereocenters. The third kappa shape index (κ3) is 4.16. The summed E-state index contributed by atoms with van der Waals surface area (Å²) in [6, 6.07) is 2.18. The monoisotopic (exact) mass is 543 g/mol. The summed E-state index contributed by atoms with van der Waals surface area (Å²) >= 11 is 0. The van der Waals surface area contributed by atoms with Crippen molar-refractivity contribution in [1.29, 1.82) is 5.26 Å². The third-order valence-electron chi connectivity index (χ3n) is 12.5. The summed E-state index contributed by atoms with van der Waals surface area (Å²) in [5, 5.41) is 12.1. The van der Waals surface area contributed by atoms with Crippen LogP contribution >= 0.6 is 0 Å². The maximum atomic E-state index is 14.5. The molecule has 5 atom stereocenters. The van der Waals surface area contributed by atoms with Crippen molar-refractivity contribution in [2.75, 3.05) is 6.54 Å².